The summed E-state index contributed by atoms with van der Waals surface area (Å²) >= 11 is 6.53. The number of benzene rings is 3. The van der Waals surface area contributed by atoms with Gasteiger partial charge in [-0.25, -0.2) is 0 Å². The number of halogens is 2. The van der Waals surface area contributed by atoms with E-state index in [0.717, 1.165) is 29.8 Å². The van der Waals surface area contributed by atoms with Crippen LogP contribution >= 0.6 is 24.0 Å². The van der Waals surface area contributed by atoms with Crippen LogP contribution in [0.25, 0.3) is 0 Å². The second-order valence-electron chi connectivity index (χ2n) is 6.89. The van der Waals surface area contributed by atoms with Gasteiger partial charge in [0.1, 0.15) is 12.4 Å². The molecule has 0 aliphatic heterocycles. The SMILES string of the molecule is CCOc1cc(CNCCc2ccc(OC)cc2)cc(Cl)c1OCc1ccccc1.Cl. The van der Waals surface area contributed by atoms with Gasteiger partial charge in [0.05, 0.1) is 18.7 Å². The molecule has 0 atom stereocenters. The second kappa shape index (κ2) is 13.1. The summed E-state index contributed by atoms with van der Waals surface area (Å²) < 4.78 is 17.0. The van der Waals surface area contributed by atoms with Gasteiger partial charge >= 0.3 is 0 Å². The van der Waals surface area contributed by atoms with Gasteiger partial charge in [0, 0.05) is 6.54 Å². The number of rotatable bonds is 11. The zero-order valence-electron chi connectivity index (χ0n) is 17.9. The summed E-state index contributed by atoms with van der Waals surface area (Å²) in [5.74, 6) is 2.14. The predicted octanol–water partition coefficient (Wildman–Crippen LogP) is 6.08. The fourth-order valence-electron chi connectivity index (χ4n) is 3.11. The molecule has 0 aliphatic carbocycles. The minimum atomic E-state index is 0. The smallest absolute Gasteiger partial charge is 0.180 e. The number of nitrogens with one attached hydrogen (secondary N) is 1. The molecular formula is C25H29Cl2NO3. The van der Waals surface area contributed by atoms with Gasteiger partial charge in [0.25, 0.3) is 0 Å². The van der Waals surface area contributed by atoms with Crippen LogP contribution in [0.5, 0.6) is 17.2 Å². The van der Waals surface area contributed by atoms with Crippen LogP contribution in [-0.2, 0) is 19.6 Å². The van der Waals surface area contributed by atoms with Crippen molar-refractivity contribution in [2.24, 2.45) is 0 Å². The van der Waals surface area contributed by atoms with Gasteiger partial charge in [-0.2, -0.15) is 0 Å². The zero-order valence-corrected chi connectivity index (χ0v) is 19.5. The van der Waals surface area contributed by atoms with Crippen molar-refractivity contribution in [3.63, 3.8) is 0 Å². The van der Waals surface area contributed by atoms with E-state index in [1.165, 1.54) is 5.56 Å². The van der Waals surface area contributed by atoms with E-state index >= 15 is 0 Å². The first-order valence-corrected chi connectivity index (χ1v) is 10.5. The molecule has 31 heavy (non-hydrogen) atoms. The molecule has 3 aromatic rings. The number of methoxy groups -OCH3 is 1. The summed E-state index contributed by atoms with van der Waals surface area (Å²) in [4.78, 5) is 0. The van der Waals surface area contributed by atoms with E-state index in [1.54, 1.807) is 7.11 Å². The van der Waals surface area contributed by atoms with E-state index in [1.807, 2.05) is 61.5 Å². The lowest BCUT2D eigenvalue weighted by Crippen LogP contribution is -2.17. The highest BCUT2D eigenvalue weighted by Gasteiger charge is 2.13. The van der Waals surface area contributed by atoms with Gasteiger partial charge in [-0.1, -0.05) is 54.1 Å². The monoisotopic (exact) mass is 461 g/mol. The fourth-order valence-corrected chi connectivity index (χ4v) is 3.40. The molecule has 0 amide bonds. The molecule has 0 bridgehead atoms. The Labute approximate surface area is 195 Å². The third-order valence-electron chi connectivity index (χ3n) is 4.67. The first-order valence-electron chi connectivity index (χ1n) is 10.1. The lowest BCUT2D eigenvalue weighted by Gasteiger charge is -2.16. The summed E-state index contributed by atoms with van der Waals surface area (Å²) in [6.45, 7) is 4.51. The molecule has 0 fully saturated rings. The van der Waals surface area contributed by atoms with Gasteiger partial charge in [-0.05, 0) is 60.8 Å². The molecule has 166 valence electrons. The Morgan fingerprint density at radius 1 is 0.871 bits per heavy atom. The maximum Gasteiger partial charge on any atom is 0.180 e. The highest BCUT2D eigenvalue weighted by molar-refractivity contribution is 6.32. The molecule has 0 aliphatic rings. The summed E-state index contributed by atoms with van der Waals surface area (Å²) in [6.07, 6.45) is 0.939. The largest absolute Gasteiger partial charge is 0.497 e. The van der Waals surface area contributed by atoms with Crippen molar-refractivity contribution in [3.8, 4) is 17.2 Å². The Balaban J connectivity index is 0.00000341. The summed E-state index contributed by atoms with van der Waals surface area (Å²) in [5, 5.41) is 4.03. The number of hydrogen-bond donors (Lipinski definition) is 1. The molecule has 1 N–H and O–H groups in total. The third kappa shape index (κ3) is 7.66. The van der Waals surface area contributed by atoms with Gasteiger partial charge in [0.15, 0.2) is 11.5 Å². The van der Waals surface area contributed by atoms with Crippen LogP contribution < -0.4 is 19.5 Å². The van der Waals surface area contributed by atoms with Crippen LogP contribution in [0.4, 0.5) is 0 Å². The molecule has 4 nitrogen and oxygen atoms in total. The Morgan fingerprint density at radius 3 is 2.29 bits per heavy atom. The fraction of sp³-hybridized carbons (Fsp3) is 0.280. The molecule has 0 radical (unpaired) electrons. The molecule has 0 saturated carbocycles. The van der Waals surface area contributed by atoms with Crippen LogP contribution in [0.2, 0.25) is 5.02 Å². The van der Waals surface area contributed by atoms with Crippen LogP contribution in [0.3, 0.4) is 0 Å². The predicted molar refractivity (Wildman–Crippen MR) is 129 cm³/mol. The Hall–Kier alpha value is -2.40. The van der Waals surface area contributed by atoms with Crippen molar-refractivity contribution >= 4 is 24.0 Å². The van der Waals surface area contributed by atoms with Crippen LogP contribution in [0.1, 0.15) is 23.6 Å². The van der Waals surface area contributed by atoms with E-state index < -0.39 is 0 Å². The highest BCUT2D eigenvalue weighted by atomic mass is 35.5. The van der Waals surface area contributed by atoms with Gasteiger partial charge in [-0.15, -0.1) is 12.4 Å². The van der Waals surface area contributed by atoms with Crippen molar-refractivity contribution in [2.45, 2.75) is 26.5 Å². The van der Waals surface area contributed by atoms with Crippen molar-refractivity contribution < 1.29 is 14.2 Å². The van der Waals surface area contributed by atoms with E-state index in [4.69, 9.17) is 25.8 Å². The molecule has 3 aromatic carbocycles. The molecule has 0 unspecified atom stereocenters. The van der Waals surface area contributed by atoms with Crippen molar-refractivity contribution in [2.75, 3.05) is 20.3 Å². The van der Waals surface area contributed by atoms with Crippen LogP contribution in [0.15, 0.2) is 66.7 Å². The Kier molecular flexibility index (Phi) is 10.5. The summed E-state index contributed by atoms with van der Waals surface area (Å²) in [7, 11) is 1.68. The first-order chi connectivity index (χ1) is 14.7. The highest BCUT2D eigenvalue weighted by Crippen LogP contribution is 2.37. The minimum Gasteiger partial charge on any atom is -0.497 e. The third-order valence-corrected chi connectivity index (χ3v) is 4.95. The molecule has 0 spiro atoms. The summed E-state index contributed by atoms with van der Waals surface area (Å²) in [6, 6.07) is 22.1. The standard InChI is InChI=1S/C25H28ClNO3.ClH/c1-3-29-24-16-21(17-27-14-13-19-9-11-22(28-2)12-10-19)15-23(26)25(24)30-18-20-7-5-4-6-8-20;/h4-12,15-16,27H,3,13-14,17-18H2,1-2H3;1H. The Bertz CT molecular complexity index is 918. The molecule has 6 heteroatoms. The zero-order chi connectivity index (χ0) is 21.2. The molecule has 0 aromatic heterocycles. The quantitative estimate of drug-likeness (QED) is 0.351. The second-order valence-corrected chi connectivity index (χ2v) is 7.29. The topological polar surface area (TPSA) is 39.7 Å². The van der Waals surface area contributed by atoms with Gasteiger partial charge in [-0.3, -0.25) is 0 Å². The Morgan fingerprint density at radius 2 is 1.61 bits per heavy atom. The van der Waals surface area contributed by atoms with Gasteiger partial charge < -0.3 is 19.5 Å². The van der Waals surface area contributed by atoms with Crippen LogP contribution in [-0.4, -0.2) is 20.3 Å². The van der Waals surface area contributed by atoms with Crippen molar-refractivity contribution in [1.29, 1.82) is 0 Å². The van der Waals surface area contributed by atoms with E-state index in [0.29, 0.717) is 36.3 Å². The molecule has 0 heterocycles. The average molecular weight is 462 g/mol. The average Bonchev–Trinajstić information content (AvgIpc) is 2.77. The summed E-state index contributed by atoms with van der Waals surface area (Å²) in [5.41, 5.74) is 3.41. The maximum atomic E-state index is 6.53. The van der Waals surface area contributed by atoms with Crippen LogP contribution in [0, 0.1) is 0 Å². The number of ether oxygens (including phenoxy) is 3. The maximum absolute atomic E-state index is 6.53. The minimum absolute atomic E-state index is 0. The normalized spacial score (nSPS) is 10.3. The van der Waals surface area contributed by atoms with Crippen molar-refractivity contribution in [1.82, 2.24) is 5.32 Å². The molecule has 3 rings (SSSR count). The van der Waals surface area contributed by atoms with Crippen molar-refractivity contribution in [3.05, 3.63) is 88.4 Å². The van der Waals surface area contributed by atoms with Gasteiger partial charge in [0.2, 0.25) is 0 Å². The molecule has 0 saturated heterocycles. The lowest BCUT2D eigenvalue weighted by molar-refractivity contribution is 0.269. The van der Waals surface area contributed by atoms with E-state index in [2.05, 4.69) is 17.4 Å². The first kappa shape index (κ1) is 24.9. The van der Waals surface area contributed by atoms with E-state index in [9.17, 15) is 0 Å². The molecular weight excluding hydrogens is 433 g/mol. The lowest BCUT2D eigenvalue weighted by atomic mass is 10.1. The number of hydrogen-bond acceptors (Lipinski definition) is 4. The van der Waals surface area contributed by atoms with E-state index in [-0.39, 0.29) is 12.4 Å².